The Morgan fingerprint density at radius 1 is 1.29 bits per heavy atom. The third kappa shape index (κ3) is 1.43. The third-order valence-electron chi connectivity index (χ3n) is 2.78. The van der Waals surface area contributed by atoms with Gasteiger partial charge in [-0.05, 0) is 41.0 Å². The highest BCUT2D eigenvalue weighted by molar-refractivity contribution is 5.83. The summed E-state index contributed by atoms with van der Waals surface area (Å²) >= 11 is 0. The molecule has 0 saturated carbocycles. The molecule has 1 aromatic heterocycles. The SMILES string of the molecule is CCc1cc(C(C)C)c2[nH]ccc2c1. The maximum Gasteiger partial charge on any atom is 0.0489 e. The molecule has 0 fully saturated rings. The lowest BCUT2D eigenvalue weighted by molar-refractivity contribution is 0.870. The normalized spacial score (nSPS) is 11.4. The van der Waals surface area contributed by atoms with Crippen LogP contribution in [0.3, 0.4) is 0 Å². The summed E-state index contributed by atoms with van der Waals surface area (Å²) in [5.41, 5.74) is 4.17. The van der Waals surface area contributed by atoms with Crippen molar-refractivity contribution in [1.82, 2.24) is 4.98 Å². The number of nitrogens with one attached hydrogen (secondary N) is 1. The predicted molar refractivity (Wildman–Crippen MR) is 61.8 cm³/mol. The molecule has 0 saturated heterocycles. The Bertz CT molecular complexity index is 437. The Morgan fingerprint density at radius 3 is 2.71 bits per heavy atom. The van der Waals surface area contributed by atoms with E-state index in [1.165, 1.54) is 22.0 Å². The van der Waals surface area contributed by atoms with Gasteiger partial charge in [0.2, 0.25) is 0 Å². The van der Waals surface area contributed by atoms with Crippen LogP contribution in [0.5, 0.6) is 0 Å². The van der Waals surface area contributed by atoms with Gasteiger partial charge in [-0.15, -0.1) is 0 Å². The minimum absolute atomic E-state index is 0.586. The minimum atomic E-state index is 0.586. The van der Waals surface area contributed by atoms with Crippen molar-refractivity contribution in [1.29, 1.82) is 0 Å². The molecule has 0 aliphatic rings. The number of fused-ring (bicyclic) bond motifs is 1. The first-order valence-electron chi connectivity index (χ1n) is 5.32. The quantitative estimate of drug-likeness (QED) is 0.735. The number of aromatic amines is 1. The number of aromatic nitrogens is 1. The van der Waals surface area contributed by atoms with Gasteiger partial charge >= 0.3 is 0 Å². The molecule has 0 bridgehead atoms. The highest BCUT2D eigenvalue weighted by Crippen LogP contribution is 2.26. The Kier molecular flexibility index (Phi) is 2.32. The first-order chi connectivity index (χ1) is 6.72. The summed E-state index contributed by atoms with van der Waals surface area (Å²) < 4.78 is 0. The molecule has 74 valence electrons. The van der Waals surface area contributed by atoms with E-state index in [2.05, 4.69) is 44.0 Å². The van der Waals surface area contributed by atoms with Gasteiger partial charge in [-0.1, -0.05) is 26.8 Å². The topological polar surface area (TPSA) is 15.8 Å². The van der Waals surface area contributed by atoms with E-state index < -0.39 is 0 Å². The van der Waals surface area contributed by atoms with Crippen LogP contribution in [-0.4, -0.2) is 4.98 Å². The lowest BCUT2D eigenvalue weighted by atomic mass is 9.97. The summed E-state index contributed by atoms with van der Waals surface area (Å²) in [7, 11) is 0. The van der Waals surface area contributed by atoms with E-state index in [1.54, 1.807) is 0 Å². The molecule has 0 unspecified atom stereocenters. The molecule has 0 aliphatic heterocycles. The van der Waals surface area contributed by atoms with Gasteiger partial charge in [0.05, 0.1) is 0 Å². The van der Waals surface area contributed by atoms with Crippen LogP contribution >= 0.6 is 0 Å². The van der Waals surface area contributed by atoms with Crippen LogP contribution in [0.4, 0.5) is 0 Å². The Hall–Kier alpha value is -1.24. The molecule has 1 heteroatoms. The first kappa shape index (κ1) is 9.32. The molecule has 0 amide bonds. The van der Waals surface area contributed by atoms with Crippen molar-refractivity contribution in [2.45, 2.75) is 33.1 Å². The number of H-pyrrole nitrogens is 1. The van der Waals surface area contributed by atoms with Crippen LogP contribution in [0.15, 0.2) is 24.4 Å². The van der Waals surface area contributed by atoms with E-state index in [0.717, 1.165) is 6.42 Å². The largest absolute Gasteiger partial charge is 0.361 e. The van der Waals surface area contributed by atoms with Crippen molar-refractivity contribution in [3.8, 4) is 0 Å². The number of benzene rings is 1. The first-order valence-corrected chi connectivity index (χ1v) is 5.32. The fraction of sp³-hybridized carbons (Fsp3) is 0.385. The smallest absolute Gasteiger partial charge is 0.0489 e. The second-order valence-corrected chi connectivity index (χ2v) is 4.14. The zero-order chi connectivity index (χ0) is 10.1. The second-order valence-electron chi connectivity index (χ2n) is 4.14. The van der Waals surface area contributed by atoms with Crippen LogP contribution in [0, 0.1) is 0 Å². The van der Waals surface area contributed by atoms with Crippen molar-refractivity contribution < 1.29 is 0 Å². The Balaban J connectivity index is 2.70. The van der Waals surface area contributed by atoms with Crippen LogP contribution in [0.1, 0.15) is 37.8 Å². The molecule has 1 heterocycles. The second kappa shape index (κ2) is 3.49. The fourth-order valence-corrected chi connectivity index (χ4v) is 1.92. The van der Waals surface area contributed by atoms with E-state index in [9.17, 15) is 0 Å². The summed E-state index contributed by atoms with van der Waals surface area (Å²) in [6, 6.07) is 6.75. The molecular weight excluding hydrogens is 170 g/mol. The lowest BCUT2D eigenvalue weighted by Crippen LogP contribution is -1.92. The number of hydrogen-bond donors (Lipinski definition) is 1. The zero-order valence-electron chi connectivity index (χ0n) is 9.09. The summed E-state index contributed by atoms with van der Waals surface area (Å²) in [5.74, 6) is 0.586. The van der Waals surface area contributed by atoms with Gasteiger partial charge in [0, 0.05) is 11.7 Å². The molecule has 14 heavy (non-hydrogen) atoms. The molecule has 1 N–H and O–H groups in total. The lowest BCUT2D eigenvalue weighted by Gasteiger charge is -2.09. The summed E-state index contributed by atoms with van der Waals surface area (Å²) in [5, 5.41) is 1.34. The highest BCUT2D eigenvalue weighted by Gasteiger charge is 2.07. The van der Waals surface area contributed by atoms with Crippen LogP contribution in [-0.2, 0) is 6.42 Å². The van der Waals surface area contributed by atoms with Crippen LogP contribution < -0.4 is 0 Å². The van der Waals surface area contributed by atoms with Gasteiger partial charge < -0.3 is 4.98 Å². The average Bonchev–Trinajstić information content (AvgIpc) is 2.63. The van der Waals surface area contributed by atoms with Gasteiger partial charge in [0.1, 0.15) is 0 Å². The minimum Gasteiger partial charge on any atom is -0.361 e. The van der Waals surface area contributed by atoms with E-state index >= 15 is 0 Å². The number of rotatable bonds is 2. The van der Waals surface area contributed by atoms with Crippen molar-refractivity contribution >= 4 is 10.9 Å². The molecule has 1 aromatic carbocycles. The molecule has 0 spiro atoms. The predicted octanol–water partition coefficient (Wildman–Crippen LogP) is 3.85. The highest BCUT2D eigenvalue weighted by atomic mass is 14.7. The van der Waals surface area contributed by atoms with Crippen LogP contribution in [0.25, 0.3) is 10.9 Å². The maximum atomic E-state index is 3.32. The summed E-state index contributed by atoms with van der Waals surface area (Å²) in [4.78, 5) is 3.32. The molecule has 0 aliphatic carbocycles. The fourth-order valence-electron chi connectivity index (χ4n) is 1.92. The van der Waals surface area contributed by atoms with E-state index in [0.29, 0.717) is 5.92 Å². The van der Waals surface area contributed by atoms with Crippen molar-refractivity contribution in [3.63, 3.8) is 0 Å². The standard InChI is InChI=1S/C13H17N/c1-4-10-7-11-5-6-14-13(11)12(8-10)9(2)3/h5-9,14H,4H2,1-3H3. The van der Waals surface area contributed by atoms with Gasteiger partial charge in [-0.25, -0.2) is 0 Å². The van der Waals surface area contributed by atoms with Gasteiger partial charge in [0.15, 0.2) is 0 Å². The Morgan fingerprint density at radius 2 is 2.07 bits per heavy atom. The van der Waals surface area contributed by atoms with Crippen molar-refractivity contribution in [3.05, 3.63) is 35.5 Å². The van der Waals surface area contributed by atoms with Gasteiger partial charge in [0.25, 0.3) is 0 Å². The van der Waals surface area contributed by atoms with Gasteiger partial charge in [-0.3, -0.25) is 0 Å². The van der Waals surface area contributed by atoms with Gasteiger partial charge in [-0.2, -0.15) is 0 Å². The summed E-state index contributed by atoms with van der Waals surface area (Å²) in [6.45, 7) is 6.70. The molecule has 0 atom stereocenters. The molecule has 1 nitrogen and oxygen atoms in total. The molecule has 2 rings (SSSR count). The monoisotopic (exact) mass is 187 g/mol. The zero-order valence-corrected chi connectivity index (χ0v) is 9.09. The van der Waals surface area contributed by atoms with Crippen molar-refractivity contribution in [2.24, 2.45) is 0 Å². The van der Waals surface area contributed by atoms with E-state index in [4.69, 9.17) is 0 Å². The van der Waals surface area contributed by atoms with Crippen LogP contribution in [0.2, 0.25) is 0 Å². The Labute approximate surface area is 85.1 Å². The summed E-state index contributed by atoms with van der Waals surface area (Å²) in [6.07, 6.45) is 3.14. The molecular formula is C13H17N. The average molecular weight is 187 g/mol. The molecule has 2 aromatic rings. The van der Waals surface area contributed by atoms with Crippen molar-refractivity contribution in [2.75, 3.05) is 0 Å². The third-order valence-corrected chi connectivity index (χ3v) is 2.78. The van der Waals surface area contributed by atoms with E-state index in [-0.39, 0.29) is 0 Å². The number of hydrogen-bond acceptors (Lipinski definition) is 0. The maximum absolute atomic E-state index is 3.32. The van der Waals surface area contributed by atoms with E-state index in [1.807, 2.05) is 6.20 Å². The molecule has 0 radical (unpaired) electrons. The number of aryl methyl sites for hydroxylation is 1.